The van der Waals surface area contributed by atoms with Crippen LogP contribution in [0.2, 0.25) is 0 Å². The van der Waals surface area contributed by atoms with Gasteiger partial charge >= 0.3 is 0 Å². The fraction of sp³-hybridized carbons (Fsp3) is 0.231. The number of hydrogen-bond acceptors (Lipinski definition) is 3. The van der Waals surface area contributed by atoms with Crippen molar-refractivity contribution in [3.8, 4) is 0 Å². The van der Waals surface area contributed by atoms with Crippen LogP contribution in [0.25, 0.3) is 0 Å². The summed E-state index contributed by atoms with van der Waals surface area (Å²) >= 11 is 10.6. The molecule has 0 saturated carbocycles. The van der Waals surface area contributed by atoms with Crippen LogP contribution in [-0.2, 0) is 0 Å². The Morgan fingerprint density at radius 3 is 2.56 bits per heavy atom. The molecule has 0 spiro atoms. The van der Waals surface area contributed by atoms with Gasteiger partial charge < -0.3 is 5.73 Å². The van der Waals surface area contributed by atoms with Gasteiger partial charge in [-0.05, 0) is 57.0 Å². The Hall–Kier alpha value is 0.190. The highest BCUT2D eigenvalue weighted by Gasteiger charge is 2.20. The van der Waals surface area contributed by atoms with E-state index in [0.717, 1.165) is 8.95 Å². The van der Waals surface area contributed by atoms with Crippen molar-refractivity contribution in [2.45, 2.75) is 23.1 Å². The molecule has 96 valence electrons. The molecule has 1 heterocycles. The first kappa shape index (κ1) is 14.6. The van der Waals surface area contributed by atoms with E-state index in [9.17, 15) is 0 Å². The van der Waals surface area contributed by atoms with Gasteiger partial charge in [0.1, 0.15) is 0 Å². The lowest BCUT2D eigenvalue weighted by Gasteiger charge is -2.19. The molecule has 0 radical (unpaired) electrons. The van der Waals surface area contributed by atoms with Crippen molar-refractivity contribution in [1.29, 1.82) is 0 Å². The summed E-state index contributed by atoms with van der Waals surface area (Å²) in [5.41, 5.74) is 6.13. The largest absolute Gasteiger partial charge is 0.327 e. The van der Waals surface area contributed by atoms with E-state index < -0.39 is 0 Å². The van der Waals surface area contributed by atoms with Gasteiger partial charge in [-0.15, -0.1) is 23.1 Å². The van der Waals surface area contributed by atoms with Gasteiger partial charge in [0.25, 0.3) is 0 Å². The van der Waals surface area contributed by atoms with E-state index in [4.69, 9.17) is 5.73 Å². The maximum atomic E-state index is 6.13. The van der Waals surface area contributed by atoms with Gasteiger partial charge in [0, 0.05) is 30.1 Å². The Bertz CT molecular complexity index is 525. The van der Waals surface area contributed by atoms with E-state index in [1.807, 2.05) is 17.8 Å². The first-order valence-corrected chi connectivity index (χ1v) is 8.83. The third kappa shape index (κ3) is 3.61. The second-order valence-corrected chi connectivity index (χ2v) is 7.89. The zero-order chi connectivity index (χ0) is 13.1. The van der Waals surface area contributed by atoms with Crippen LogP contribution in [0.15, 0.2) is 49.6 Å². The molecule has 1 aromatic heterocycles. The minimum absolute atomic E-state index is 0.104. The summed E-state index contributed by atoms with van der Waals surface area (Å²) in [5.74, 6) is 0. The number of benzene rings is 1. The molecule has 0 fully saturated rings. The Morgan fingerprint density at radius 1 is 1.28 bits per heavy atom. The van der Waals surface area contributed by atoms with Crippen LogP contribution in [0.4, 0.5) is 0 Å². The highest BCUT2D eigenvalue weighted by Crippen LogP contribution is 2.42. The van der Waals surface area contributed by atoms with Crippen LogP contribution in [0.1, 0.15) is 17.1 Å². The van der Waals surface area contributed by atoms with Crippen molar-refractivity contribution in [2.24, 2.45) is 5.73 Å². The minimum Gasteiger partial charge on any atom is -0.327 e. The third-order valence-corrected chi connectivity index (χ3v) is 6.86. The third-order valence-electron chi connectivity index (χ3n) is 2.44. The van der Waals surface area contributed by atoms with Crippen LogP contribution in [0.3, 0.4) is 0 Å². The lowest BCUT2D eigenvalue weighted by molar-refractivity contribution is 0.729. The molecule has 0 amide bonds. The van der Waals surface area contributed by atoms with E-state index in [1.54, 1.807) is 11.3 Å². The van der Waals surface area contributed by atoms with Gasteiger partial charge in [-0.1, -0.05) is 12.1 Å². The van der Waals surface area contributed by atoms with Gasteiger partial charge in [-0.2, -0.15) is 0 Å². The second kappa shape index (κ2) is 6.57. The van der Waals surface area contributed by atoms with Gasteiger partial charge in [-0.25, -0.2) is 0 Å². The molecule has 2 rings (SSSR count). The monoisotopic (exact) mass is 405 g/mol. The summed E-state index contributed by atoms with van der Waals surface area (Å²) in [5, 5.41) is 2.38. The minimum atomic E-state index is 0.104. The highest BCUT2D eigenvalue weighted by molar-refractivity contribution is 9.10. The lowest BCUT2D eigenvalue weighted by atomic mass is 10.2. The lowest BCUT2D eigenvalue weighted by Crippen LogP contribution is -2.21. The van der Waals surface area contributed by atoms with E-state index in [-0.39, 0.29) is 11.3 Å². The maximum Gasteiger partial charge on any atom is 0.0587 e. The Labute approximate surface area is 132 Å². The quantitative estimate of drug-likeness (QED) is 0.682. The summed E-state index contributed by atoms with van der Waals surface area (Å²) < 4.78 is 2.25. The molecular weight excluding hydrogens is 394 g/mol. The van der Waals surface area contributed by atoms with Gasteiger partial charge in [0.2, 0.25) is 0 Å². The number of halogens is 2. The van der Waals surface area contributed by atoms with E-state index in [0.29, 0.717) is 0 Å². The molecule has 2 N–H and O–H groups in total. The molecule has 0 saturated heterocycles. The van der Waals surface area contributed by atoms with Crippen LogP contribution < -0.4 is 5.73 Å². The standard InChI is InChI=1S/C13H13Br2NS2/c1-8(16)13(12-6-9(14)7-17-12)18-11-5-3-2-4-10(11)15/h2-8,13H,16H2,1H3. The molecule has 5 heteroatoms. The number of rotatable bonds is 4. The summed E-state index contributed by atoms with van der Waals surface area (Å²) in [4.78, 5) is 2.53. The van der Waals surface area contributed by atoms with Gasteiger partial charge in [0.05, 0.1) is 5.25 Å². The Balaban J connectivity index is 2.25. The molecule has 2 aromatic rings. The molecule has 1 aromatic carbocycles. The summed E-state index contributed by atoms with van der Waals surface area (Å²) in [6.07, 6.45) is 0. The molecule has 2 atom stereocenters. The summed E-state index contributed by atoms with van der Waals surface area (Å²) in [6.45, 7) is 2.06. The van der Waals surface area contributed by atoms with Crippen LogP contribution in [-0.4, -0.2) is 6.04 Å². The van der Waals surface area contributed by atoms with Crippen molar-refractivity contribution in [1.82, 2.24) is 0 Å². The second-order valence-electron chi connectivity index (χ2n) is 4.00. The van der Waals surface area contributed by atoms with Gasteiger partial charge in [0.15, 0.2) is 0 Å². The van der Waals surface area contributed by atoms with E-state index in [2.05, 4.69) is 68.4 Å². The predicted octanol–water partition coefficient (Wildman–Crippen LogP) is 5.45. The predicted molar refractivity (Wildman–Crippen MR) is 88.4 cm³/mol. The van der Waals surface area contributed by atoms with Crippen molar-refractivity contribution in [2.75, 3.05) is 0 Å². The maximum absolute atomic E-state index is 6.13. The Morgan fingerprint density at radius 2 is 2.00 bits per heavy atom. The van der Waals surface area contributed by atoms with E-state index in [1.165, 1.54) is 9.77 Å². The molecule has 0 aliphatic rings. The summed E-state index contributed by atoms with van der Waals surface area (Å²) in [7, 11) is 0. The topological polar surface area (TPSA) is 26.0 Å². The molecule has 18 heavy (non-hydrogen) atoms. The van der Waals surface area contributed by atoms with Crippen molar-refractivity contribution >= 4 is 55.0 Å². The average Bonchev–Trinajstić information content (AvgIpc) is 2.74. The molecule has 0 aliphatic heterocycles. The fourth-order valence-corrected chi connectivity index (χ4v) is 5.00. The highest BCUT2D eigenvalue weighted by atomic mass is 79.9. The van der Waals surface area contributed by atoms with Crippen LogP contribution in [0.5, 0.6) is 0 Å². The van der Waals surface area contributed by atoms with Gasteiger partial charge in [-0.3, -0.25) is 0 Å². The normalized spacial score (nSPS) is 14.4. The average molecular weight is 407 g/mol. The number of hydrogen-bond donors (Lipinski definition) is 1. The zero-order valence-corrected chi connectivity index (χ0v) is 14.6. The van der Waals surface area contributed by atoms with Crippen LogP contribution in [0, 0.1) is 0 Å². The first-order chi connectivity index (χ1) is 8.58. The van der Waals surface area contributed by atoms with Crippen LogP contribution >= 0.6 is 55.0 Å². The summed E-state index contributed by atoms with van der Waals surface area (Å²) in [6, 6.07) is 10.5. The fourth-order valence-electron chi connectivity index (χ4n) is 1.58. The Kier molecular flexibility index (Phi) is 5.33. The SMILES string of the molecule is CC(N)C(Sc1ccccc1Br)c1cc(Br)cs1. The molecule has 2 unspecified atom stereocenters. The number of nitrogens with two attached hydrogens (primary N) is 1. The number of thiophene rings is 1. The zero-order valence-electron chi connectivity index (χ0n) is 9.77. The molecule has 0 bridgehead atoms. The van der Waals surface area contributed by atoms with Crippen molar-refractivity contribution < 1.29 is 0 Å². The van der Waals surface area contributed by atoms with E-state index >= 15 is 0 Å². The first-order valence-electron chi connectivity index (χ1n) is 5.48. The smallest absolute Gasteiger partial charge is 0.0587 e. The van der Waals surface area contributed by atoms with Crippen molar-refractivity contribution in [3.63, 3.8) is 0 Å². The molecular formula is C13H13Br2NS2. The molecule has 1 nitrogen and oxygen atoms in total. The van der Waals surface area contributed by atoms with Crippen molar-refractivity contribution in [3.05, 3.63) is 49.5 Å². The molecule has 0 aliphatic carbocycles. The number of thioether (sulfide) groups is 1.